The van der Waals surface area contributed by atoms with Gasteiger partial charge in [-0.05, 0) is 61.9 Å². The van der Waals surface area contributed by atoms with Gasteiger partial charge < -0.3 is 20.1 Å². The lowest BCUT2D eigenvalue weighted by molar-refractivity contribution is -0.172. The molecule has 2 bridgehead atoms. The molecule has 1 amide bonds. The van der Waals surface area contributed by atoms with Crippen LogP contribution in [0.25, 0.3) is 0 Å². The molecule has 2 aromatic rings. The van der Waals surface area contributed by atoms with Crippen molar-refractivity contribution in [1.82, 2.24) is 9.62 Å². The Labute approximate surface area is 218 Å². The van der Waals surface area contributed by atoms with Crippen LogP contribution in [0.1, 0.15) is 36.8 Å². The van der Waals surface area contributed by atoms with E-state index in [0.29, 0.717) is 30.9 Å². The monoisotopic (exact) mass is 542 g/mol. The van der Waals surface area contributed by atoms with Gasteiger partial charge in [0.25, 0.3) is 15.9 Å². The number of aliphatic hydroxyl groups is 2. The van der Waals surface area contributed by atoms with Gasteiger partial charge in [0, 0.05) is 24.6 Å². The Morgan fingerprint density at radius 2 is 1.95 bits per heavy atom. The molecule has 3 aliphatic carbocycles. The van der Waals surface area contributed by atoms with Crippen molar-refractivity contribution in [2.75, 3.05) is 13.1 Å². The van der Waals surface area contributed by atoms with Gasteiger partial charge in [-0.15, -0.1) is 0 Å². The Hall–Kier alpha value is -3.15. The standard InChI is InChI=1S/C27H27FN2O7S/c28-17-3-1-2-4-19(17)38(35,36)29-25(33)16-12-27(34)20-11-15-7-8-18(31)23-21(15)26(27,24(37-23)22(16)32)9-10-30(20)13-14-5-6-14/h1-4,7-8,14,20,24,31-32,34H,5-6,9-13H2,(H,29,33)/t20-,24+,26+,27-/m1/s1. The number of likely N-dealkylation sites (tertiary alicyclic amines) is 1. The summed E-state index contributed by atoms with van der Waals surface area (Å²) in [5, 5.41) is 34.6. The Bertz CT molecular complexity index is 1540. The number of hydrogen-bond donors (Lipinski definition) is 4. The first kappa shape index (κ1) is 23.9. The topological polar surface area (TPSA) is 136 Å². The number of phenols is 1. The number of phenolic OH excluding ortho intramolecular Hbond substituents is 1. The molecule has 7 rings (SSSR count). The van der Waals surface area contributed by atoms with Crippen molar-refractivity contribution in [1.29, 1.82) is 0 Å². The van der Waals surface area contributed by atoms with Crippen LogP contribution in [0.4, 0.5) is 4.39 Å². The SMILES string of the molecule is O=C(NS(=O)(=O)c1ccccc1F)C1=C(O)[C@@H]2Oc3c(O)ccc4c3[C@@]23CCN(CC2CC2)[C@H](C4)[C@]3(O)C1. The van der Waals surface area contributed by atoms with Crippen molar-refractivity contribution in [3.63, 3.8) is 0 Å². The molecule has 200 valence electrons. The molecule has 2 aliphatic heterocycles. The second kappa shape index (κ2) is 7.71. The third-order valence-corrected chi connectivity index (χ3v) is 10.5. The van der Waals surface area contributed by atoms with Gasteiger partial charge in [-0.2, -0.15) is 0 Å². The summed E-state index contributed by atoms with van der Waals surface area (Å²) in [5.74, 6) is -2.09. The number of piperidine rings is 1. The van der Waals surface area contributed by atoms with Crippen LogP contribution in [0, 0.1) is 11.7 Å². The van der Waals surface area contributed by atoms with Gasteiger partial charge in [-0.3, -0.25) is 9.69 Å². The van der Waals surface area contributed by atoms with Crippen LogP contribution in [-0.4, -0.2) is 65.4 Å². The quantitative estimate of drug-likeness (QED) is 0.451. The maximum absolute atomic E-state index is 14.2. The zero-order chi connectivity index (χ0) is 26.6. The van der Waals surface area contributed by atoms with E-state index in [1.165, 1.54) is 18.2 Å². The lowest BCUT2D eigenvalue weighted by atomic mass is 9.49. The Balaban J connectivity index is 1.34. The largest absolute Gasteiger partial charge is 0.508 e. The highest BCUT2D eigenvalue weighted by molar-refractivity contribution is 7.90. The van der Waals surface area contributed by atoms with Crippen molar-refractivity contribution in [2.24, 2.45) is 5.92 Å². The molecule has 0 unspecified atom stereocenters. The van der Waals surface area contributed by atoms with Gasteiger partial charge in [0.05, 0.1) is 16.6 Å². The van der Waals surface area contributed by atoms with E-state index in [9.17, 15) is 32.9 Å². The first-order valence-electron chi connectivity index (χ1n) is 12.8. The van der Waals surface area contributed by atoms with Gasteiger partial charge in [0.2, 0.25) is 0 Å². The molecule has 11 heteroatoms. The lowest BCUT2D eigenvalue weighted by Crippen LogP contribution is -2.75. The van der Waals surface area contributed by atoms with E-state index in [4.69, 9.17) is 4.74 Å². The number of carbonyl (C=O) groups is 1. The molecular formula is C27H27FN2O7S. The molecule has 1 saturated carbocycles. The summed E-state index contributed by atoms with van der Waals surface area (Å²) >= 11 is 0. The molecule has 4 N–H and O–H groups in total. The van der Waals surface area contributed by atoms with Crippen LogP contribution in [0.15, 0.2) is 52.6 Å². The fraction of sp³-hybridized carbons (Fsp3) is 0.444. The summed E-state index contributed by atoms with van der Waals surface area (Å²) in [6, 6.07) is 7.59. The predicted molar refractivity (Wildman–Crippen MR) is 132 cm³/mol. The maximum atomic E-state index is 14.2. The number of rotatable bonds is 5. The summed E-state index contributed by atoms with van der Waals surface area (Å²) in [4.78, 5) is 14.9. The third-order valence-electron chi connectivity index (χ3n) is 9.14. The van der Waals surface area contributed by atoms with Crippen molar-refractivity contribution < 1.29 is 37.7 Å². The molecular weight excluding hydrogens is 515 g/mol. The molecule has 1 spiro atoms. The minimum atomic E-state index is -4.61. The first-order chi connectivity index (χ1) is 18.1. The number of nitrogens with zero attached hydrogens (tertiary/aromatic N) is 1. The Morgan fingerprint density at radius 1 is 1.18 bits per heavy atom. The number of sulfonamides is 1. The van der Waals surface area contributed by atoms with Crippen molar-refractivity contribution >= 4 is 15.9 Å². The number of carbonyl (C=O) groups excluding carboxylic acids is 1. The number of amides is 1. The van der Waals surface area contributed by atoms with Crippen molar-refractivity contribution in [3.8, 4) is 11.5 Å². The molecule has 2 fully saturated rings. The van der Waals surface area contributed by atoms with Gasteiger partial charge in [0.1, 0.15) is 16.5 Å². The van der Waals surface area contributed by atoms with Crippen molar-refractivity contribution in [3.05, 3.63) is 64.7 Å². The summed E-state index contributed by atoms with van der Waals surface area (Å²) in [5.41, 5.74) is -1.47. The second-order valence-electron chi connectivity index (χ2n) is 11.2. The van der Waals surface area contributed by atoms with Crippen LogP contribution in [0.5, 0.6) is 11.5 Å². The lowest BCUT2D eigenvalue weighted by Gasteiger charge is -2.62. The van der Waals surface area contributed by atoms with Crippen LogP contribution in [0.2, 0.25) is 0 Å². The smallest absolute Gasteiger partial charge is 0.267 e. The molecule has 0 aromatic heterocycles. The number of aromatic hydroxyl groups is 1. The highest BCUT2D eigenvalue weighted by Gasteiger charge is 2.73. The van der Waals surface area contributed by atoms with Gasteiger partial charge >= 0.3 is 0 Å². The highest BCUT2D eigenvalue weighted by Crippen LogP contribution is 2.66. The van der Waals surface area contributed by atoms with E-state index in [2.05, 4.69) is 4.90 Å². The van der Waals surface area contributed by atoms with E-state index in [-0.39, 0.29) is 23.5 Å². The fourth-order valence-corrected chi connectivity index (χ4v) is 8.33. The third kappa shape index (κ3) is 3.03. The maximum Gasteiger partial charge on any atom is 0.267 e. The molecule has 0 radical (unpaired) electrons. The van der Waals surface area contributed by atoms with Crippen LogP contribution < -0.4 is 9.46 Å². The van der Waals surface area contributed by atoms with E-state index in [0.717, 1.165) is 37.1 Å². The molecule has 2 heterocycles. The van der Waals surface area contributed by atoms with Gasteiger partial charge in [-0.25, -0.2) is 17.5 Å². The Kier molecular flexibility index (Phi) is 4.85. The van der Waals surface area contributed by atoms with Gasteiger partial charge in [0.15, 0.2) is 17.6 Å². The number of ether oxygens (including phenoxy) is 1. The Morgan fingerprint density at radius 3 is 2.68 bits per heavy atom. The molecule has 2 aromatic carbocycles. The van der Waals surface area contributed by atoms with Gasteiger partial charge in [-0.1, -0.05) is 18.2 Å². The number of aliphatic hydroxyl groups excluding tert-OH is 1. The summed E-state index contributed by atoms with van der Waals surface area (Å²) in [7, 11) is -4.61. The van der Waals surface area contributed by atoms with Crippen LogP contribution >= 0.6 is 0 Å². The summed E-state index contributed by atoms with van der Waals surface area (Å²) < 4.78 is 47.9. The highest BCUT2D eigenvalue weighted by atomic mass is 32.2. The zero-order valence-electron chi connectivity index (χ0n) is 20.4. The van der Waals surface area contributed by atoms with E-state index in [1.54, 1.807) is 0 Å². The summed E-state index contributed by atoms with van der Waals surface area (Å²) in [6.45, 7) is 1.45. The number of hydrogen-bond acceptors (Lipinski definition) is 8. The van der Waals surface area contributed by atoms with E-state index < -0.39 is 55.6 Å². The summed E-state index contributed by atoms with van der Waals surface area (Å²) in [6.07, 6.45) is 1.61. The van der Waals surface area contributed by atoms with E-state index >= 15 is 0 Å². The predicted octanol–water partition coefficient (Wildman–Crippen LogP) is 2.02. The second-order valence-corrected chi connectivity index (χ2v) is 12.8. The average Bonchev–Trinajstić information content (AvgIpc) is 3.61. The van der Waals surface area contributed by atoms with Crippen LogP contribution in [0.3, 0.4) is 0 Å². The normalized spacial score (nSPS) is 31.5. The average molecular weight is 543 g/mol. The van der Waals surface area contributed by atoms with Crippen LogP contribution in [-0.2, 0) is 26.7 Å². The first-order valence-corrected chi connectivity index (χ1v) is 14.3. The van der Waals surface area contributed by atoms with Crippen molar-refractivity contribution in [2.45, 2.75) is 60.2 Å². The fourth-order valence-electron chi connectivity index (χ4n) is 7.27. The number of benzene rings is 2. The molecule has 4 atom stereocenters. The van der Waals surface area contributed by atoms with E-state index in [1.807, 2.05) is 10.8 Å². The number of halogens is 1. The molecule has 5 aliphatic rings. The zero-order valence-corrected chi connectivity index (χ0v) is 21.2. The molecule has 1 saturated heterocycles. The minimum absolute atomic E-state index is 0.130. The minimum Gasteiger partial charge on any atom is -0.508 e. The molecule has 9 nitrogen and oxygen atoms in total. The molecule has 38 heavy (non-hydrogen) atoms. The number of nitrogens with one attached hydrogen (secondary N) is 1.